The summed E-state index contributed by atoms with van der Waals surface area (Å²) in [5.74, 6) is -4.63. The Balaban J connectivity index is 4.66. The summed E-state index contributed by atoms with van der Waals surface area (Å²) < 4.78 is 8.66. The lowest BCUT2D eigenvalue weighted by atomic mass is 10.1. The average molecular weight is 247 g/mol. The van der Waals surface area contributed by atoms with Gasteiger partial charge in [0.25, 0.3) is 5.91 Å². The number of carbonyl (C=O) groups is 3. The van der Waals surface area contributed by atoms with E-state index in [-0.39, 0.29) is 0 Å². The van der Waals surface area contributed by atoms with Crippen LogP contribution in [0.5, 0.6) is 0 Å². The highest BCUT2D eigenvalue weighted by molar-refractivity contribution is 6.13. The van der Waals surface area contributed by atoms with Crippen molar-refractivity contribution in [3.8, 4) is 0 Å². The first-order valence-corrected chi connectivity index (χ1v) is 4.86. The maximum atomic E-state index is 11.6. The highest BCUT2D eigenvalue weighted by atomic mass is 16.7. The first-order valence-electron chi connectivity index (χ1n) is 4.86. The SMILES string of the molecule is COC(=O)C(C(=O)NOC(C)(C)C)C(=O)OC. The second-order valence-corrected chi connectivity index (χ2v) is 4.16. The molecule has 0 aliphatic carbocycles. The minimum atomic E-state index is -1.69. The summed E-state index contributed by atoms with van der Waals surface area (Å²) >= 11 is 0. The number of ether oxygens (including phenoxy) is 2. The molecule has 0 heterocycles. The summed E-state index contributed by atoms with van der Waals surface area (Å²) in [4.78, 5) is 39.0. The van der Waals surface area contributed by atoms with E-state index in [1.54, 1.807) is 20.8 Å². The minimum Gasteiger partial charge on any atom is -0.468 e. The van der Waals surface area contributed by atoms with Gasteiger partial charge in [-0.1, -0.05) is 0 Å². The van der Waals surface area contributed by atoms with Gasteiger partial charge in [0.15, 0.2) is 0 Å². The molecule has 98 valence electrons. The fraction of sp³-hybridized carbons (Fsp3) is 0.700. The van der Waals surface area contributed by atoms with Gasteiger partial charge >= 0.3 is 11.9 Å². The van der Waals surface area contributed by atoms with Crippen molar-refractivity contribution in [2.75, 3.05) is 14.2 Å². The molecule has 0 aliphatic heterocycles. The van der Waals surface area contributed by atoms with E-state index in [4.69, 9.17) is 4.84 Å². The first-order chi connectivity index (χ1) is 7.72. The molecule has 7 nitrogen and oxygen atoms in total. The Morgan fingerprint density at radius 3 is 1.71 bits per heavy atom. The number of hydrogen-bond donors (Lipinski definition) is 1. The number of nitrogens with one attached hydrogen (secondary N) is 1. The summed E-state index contributed by atoms with van der Waals surface area (Å²) in [7, 11) is 2.13. The topological polar surface area (TPSA) is 90.9 Å². The van der Waals surface area contributed by atoms with Gasteiger partial charge in [-0.3, -0.25) is 19.2 Å². The van der Waals surface area contributed by atoms with Crippen molar-refractivity contribution < 1.29 is 28.7 Å². The van der Waals surface area contributed by atoms with Crippen LogP contribution < -0.4 is 5.48 Å². The fourth-order valence-corrected chi connectivity index (χ4v) is 0.808. The molecule has 7 heteroatoms. The zero-order chi connectivity index (χ0) is 13.6. The maximum Gasteiger partial charge on any atom is 0.329 e. The Labute approximate surface area is 99.4 Å². The second kappa shape index (κ2) is 6.19. The van der Waals surface area contributed by atoms with E-state index in [1.165, 1.54) is 0 Å². The molecule has 0 saturated carbocycles. The first kappa shape index (κ1) is 15.4. The Kier molecular flexibility index (Phi) is 5.60. The van der Waals surface area contributed by atoms with Crippen LogP contribution in [0.2, 0.25) is 0 Å². The van der Waals surface area contributed by atoms with Gasteiger partial charge in [-0.25, -0.2) is 5.48 Å². The third kappa shape index (κ3) is 5.30. The van der Waals surface area contributed by atoms with E-state index < -0.39 is 29.4 Å². The molecule has 0 aromatic carbocycles. The quantitative estimate of drug-likeness (QED) is 0.420. The van der Waals surface area contributed by atoms with Crippen LogP contribution in [-0.4, -0.2) is 37.7 Å². The van der Waals surface area contributed by atoms with Gasteiger partial charge in [0.2, 0.25) is 5.92 Å². The molecule has 0 radical (unpaired) electrons. The largest absolute Gasteiger partial charge is 0.468 e. The van der Waals surface area contributed by atoms with Gasteiger partial charge in [-0.2, -0.15) is 0 Å². The van der Waals surface area contributed by atoms with Crippen LogP contribution in [0.15, 0.2) is 0 Å². The van der Waals surface area contributed by atoms with Crippen molar-refractivity contribution in [1.29, 1.82) is 0 Å². The maximum absolute atomic E-state index is 11.6. The summed E-state index contributed by atoms with van der Waals surface area (Å²) in [6, 6.07) is 0. The molecule has 0 aromatic heterocycles. The highest BCUT2D eigenvalue weighted by Gasteiger charge is 2.37. The number of rotatable bonds is 4. The van der Waals surface area contributed by atoms with Crippen molar-refractivity contribution in [3.05, 3.63) is 0 Å². The van der Waals surface area contributed by atoms with E-state index in [0.29, 0.717) is 0 Å². The summed E-state index contributed by atoms with van der Waals surface area (Å²) in [5.41, 5.74) is 1.37. The lowest BCUT2D eigenvalue weighted by Crippen LogP contribution is -2.44. The van der Waals surface area contributed by atoms with Gasteiger partial charge in [0, 0.05) is 0 Å². The molecule has 17 heavy (non-hydrogen) atoms. The van der Waals surface area contributed by atoms with E-state index in [2.05, 4.69) is 9.47 Å². The molecule has 0 fully saturated rings. The molecule has 0 bridgehead atoms. The van der Waals surface area contributed by atoms with E-state index in [0.717, 1.165) is 14.2 Å². The van der Waals surface area contributed by atoms with Crippen LogP contribution in [0.1, 0.15) is 20.8 Å². The zero-order valence-electron chi connectivity index (χ0n) is 10.5. The van der Waals surface area contributed by atoms with Crippen LogP contribution in [0, 0.1) is 5.92 Å². The molecular formula is C10H17NO6. The number of carbonyl (C=O) groups excluding carboxylic acids is 3. The fourth-order valence-electron chi connectivity index (χ4n) is 0.808. The van der Waals surface area contributed by atoms with Crippen LogP contribution >= 0.6 is 0 Å². The van der Waals surface area contributed by atoms with Gasteiger partial charge in [-0.15, -0.1) is 0 Å². The Morgan fingerprint density at radius 1 is 1.00 bits per heavy atom. The molecule has 0 atom stereocenters. The van der Waals surface area contributed by atoms with E-state index >= 15 is 0 Å². The summed E-state index contributed by atoms with van der Waals surface area (Å²) in [6.07, 6.45) is 0. The number of esters is 2. The molecule has 0 aliphatic rings. The number of methoxy groups -OCH3 is 2. The zero-order valence-corrected chi connectivity index (χ0v) is 10.5. The van der Waals surface area contributed by atoms with Crippen molar-refractivity contribution >= 4 is 17.8 Å². The lowest BCUT2D eigenvalue weighted by Gasteiger charge is -2.20. The molecule has 0 unspecified atom stereocenters. The third-order valence-electron chi connectivity index (χ3n) is 1.59. The van der Waals surface area contributed by atoms with Crippen molar-refractivity contribution in [1.82, 2.24) is 5.48 Å². The number of hydroxylamine groups is 1. The Bertz CT molecular complexity index is 290. The predicted molar refractivity (Wildman–Crippen MR) is 56.5 cm³/mol. The molecular weight excluding hydrogens is 230 g/mol. The highest BCUT2D eigenvalue weighted by Crippen LogP contribution is 2.07. The molecule has 1 N–H and O–H groups in total. The molecule has 0 aromatic rings. The van der Waals surface area contributed by atoms with Gasteiger partial charge in [0.05, 0.1) is 19.8 Å². The number of amides is 1. The summed E-state index contributed by atoms with van der Waals surface area (Å²) in [6.45, 7) is 5.08. The standard InChI is InChI=1S/C10H17NO6/c1-10(2,3)17-11-7(12)6(8(13)15-4)9(14)16-5/h6H,1-5H3,(H,11,12). The normalized spacial score (nSPS) is 10.9. The van der Waals surface area contributed by atoms with Gasteiger partial charge < -0.3 is 9.47 Å². The second-order valence-electron chi connectivity index (χ2n) is 4.16. The summed E-state index contributed by atoms with van der Waals surface area (Å²) in [5, 5.41) is 0. The van der Waals surface area contributed by atoms with Crippen LogP contribution in [0.25, 0.3) is 0 Å². The molecule has 0 spiro atoms. The third-order valence-corrected chi connectivity index (χ3v) is 1.59. The van der Waals surface area contributed by atoms with Crippen molar-refractivity contribution in [2.24, 2.45) is 5.92 Å². The van der Waals surface area contributed by atoms with Gasteiger partial charge in [0.1, 0.15) is 0 Å². The monoisotopic (exact) mass is 247 g/mol. The van der Waals surface area contributed by atoms with E-state index in [9.17, 15) is 14.4 Å². The smallest absolute Gasteiger partial charge is 0.329 e. The van der Waals surface area contributed by atoms with Crippen LogP contribution in [0.3, 0.4) is 0 Å². The van der Waals surface area contributed by atoms with Crippen molar-refractivity contribution in [2.45, 2.75) is 26.4 Å². The molecule has 1 amide bonds. The van der Waals surface area contributed by atoms with Crippen LogP contribution in [0.4, 0.5) is 0 Å². The Morgan fingerprint density at radius 2 is 1.41 bits per heavy atom. The van der Waals surface area contributed by atoms with Gasteiger partial charge in [-0.05, 0) is 20.8 Å². The van der Waals surface area contributed by atoms with E-state index in [1.807, 2.05) is 5.48 Å². The molecule has 0 rings (SSSR count). The van der Waals surface area contributed by atoms with Crippen molar-refractivity contribution in [3.63, 3.8) is 0 Å². The predicted octanol–water partition coefficient (Wildman–Crippen LogP) is -0.205. The number of hydrogen-bond acceptors (Lipinski definition) is 6. The minimum absolute atomic E-state index is 0.646. The Hall–Kier alpha value is -1.63. The van der Waals surface area contributed by atoms with Crippen LogP contribution in [-0.2, 0) is 28.7 Å². The molecule has 0 saturated heterocycles. The lowest BCUT2D eigenvalue weighted by molar-refractivity contribution is -0.169. The average Bonchev–Trinajstić information content (AvgIpc) is 2.25.